The third-order valence-corrected chi connectivity index (χ3v) is 6.63. The second-order valence-electron chi connectivity index (χ2n) is 12.0. The first-order chi connectivity index (χ1) is 17.8. The molecular weight excluding hydrogens is 482 g/mol. The standard InChI is InChI=1S/C17H21NO4.C14H22O2/c1-18-12-8-9-13(18)15(17(20)21-2)14(10-12)22-16(19)11-6-4-3-5-7-11;1-13(2,3)15-11-7-9-12(10-8-11)16-14(4,5)6/h3-7,12-15H,8-10H2,1-2H3;7-10H,1-6H3/t12-,13+,14-,15+;/m0./s1. The highest BCUT2D eigenvalue weighted by Crippen LogP contribution is 2.40. The van der Waals surface area contributed by atoms with Crippen LogP contribution in [-0.4, -0.2) is 60.4 Å². The van der Waals surface area contributed by atoms with E-state index in [1.54, 1.807) is 24.3 Å². The number of fused-ring (bicyclic) bond motifs is 2. The van der Waals surface area contributed by atoms with Crippen LogP contribution in [0.2, 0.25) is 0 Å². The average Bonchev–Trinajstić information content (AvgIpc) is 3.07. The first-order valence-corrected chi connectivity index (χ1v) is 13.3. The van der Waals surface area contributed by atoms with Gasteiger partial charge in [-0.15, -0.1) is 0 Å². The van der Waals surface area contributed by atoms with Gasteiger partial charge in [0.05, 0.1) is 12.7 Å². The number of hydrogen-bond donors (Lipinski definition) is 0. The van der Waals surface area contributed by atoms with Gasteiger partial charge in [-0.05, 0) is 97.8 Å². The number of carbonyl (C=O) groups excluding carboxylic acids is 2. The number of methoxy groups -OCH3 is 1. The molecule has 38 heavy (non-hydrogen) atoms. The van der Waals surface area contributed by atoms with E-state index < -0.39 is 12.0 Å². The van der Waals surface area contributed by atoms with E-state index in [4.69, 9.17) is 18.9 Å². The van der Waals surface area contributed by atoms with Crippen molar-refractivity contribution < 1.29 is 28.5 Å². The Bertz CT molecular complexity index is 1020. The summed E-state index contributed by atoms with van der Waals surface area (Å²) in [6, 6.07) is 17.1. The molecule has 0 radical (unpaired) electrons. The van der Waals surface area contributed by atoms with Crippen molar-refractivity contribution in [2.75, 3.05) is 14.2 Å². The summed E-state index contributed by atoms with van der Waals surface area (Å²) < 4.78 is 22.1. The summed E-state index contributed by atoms with van der Waals surface area (Å²) >= 11 is 0. The predicted molar refractivity (Wildman–Crippen MR) is 148 cm³/mol. The molecule has 2 bridgehead atoms. The number of rotatable bonds is 5. The van der Waals surface area contributed by atoms with Crippen molar-refractivity contribution in [3.63, 3.8) is 0 Å². The number of carbonyl (C=O) groups is 2. The lowest BCUT2D eigenvalue weighted by molar-refractivity contribution is -0.156. The SMILES string of the molecule is CC(C)(C)Oc1ccc(OC(C)(C)C)cc1.COC(=O)[C@H]1[C@@H](OC(=O)c2ccccc2)C[C@@H]2CC[C@H]1N2C. The number of ether oxygens (including phenoxy) is 4. The van der Waals surface area contributed by atoms with Crippen LogP contribution < -0.4 is 9.47 Å². The molecule has 2 heterocycles. The Labute approximate surface area is 227 Å². The first-order valence-electron chi connectivity index (χ1n) is 13.3. The first kappa shape index (κ1) is 29.5. The lowest BCUT2D eigenvalue weighted by Gasteiger charge is -2.40. The lowest BCUT2D eigenvalue weighted by atomic mass is 9.87. The van der Waals surface area contributed by atoms with Gasteiger partial charge in [-0.2, -0.15) is 0 Å². The van der Waals surface area contributed by atoms with Gasteiger partial charge in [-0.3, -0.25) is 9.69 Å². The molecule has 4 rings (SSSR count). The quantitative estimate of drug-likeness (QED) is 0.449. The Hall–Kier alpha value is -3.06. The van der Waals surface area contributed by atoms with E-state index in [0.29, 0.717) is 18.0 Å². The minimum absolute atomic E-state index is 0.0970. The van der Waals surface area contributed by atoms with Gasteiger partial charge in [0.1, 0.15) is 34.7 Å². The van der Waals surface area contributed by atoms with Crippen molar-refractivity contribution in [3.8, 4) is 11.5 Å². The van der Waals surface area contributed by atoms with E-state index in [9.17, 15) is 9.59 Å². The van der Waals surface area contributed by atoms with Crippen LogP contribution in [0.4, 0.5) is 0 Å². The molecule has 0 unspecified atom stereocenters. The number of esters is 2. The van der Waals surface area contributed by atoms with Crippen molar-refractivity contribution in [2.45, 2.75) is 90.2 Å². The molecule has 2 aliphatic rings. The van der Waals surface area contributed by atoms with Crippen molar-refractivity contribution in [2.24, 2.45) is 5.92 Å². The molecule has 0 saturated carbocycles. The van der Waals surface area contributed by atoms with E-state index in [1.165, 1.54) is 7.11 Å². The summed E-state index contributed by atoms with van der Waals surface area (Å²) in [6.07, 6.45) is 2.26. The zero-order chi connectivity index (χ0) is 28.1. The molecule has 2 aromatic carbocycles. The zero-order valence-electron chi connectivity index (χ0n) is 24.0. The normalized spacial score (nSPS) is 23.1. The van der Waals surface area contributed by atoms with Gasteiger partial charge >= 0.3 is 11.9 Å². The molecule has 2 aliphatic heterocycles. The third kappa shape index (κ3) is 8.22. The summed E-state index contributed by atoms with van der Waals surface area (Å²) in [5.41, 5.74) is 0.191. The van der Waals surface area contributed by atoms with Crippen LogP contribution in [0.5, 0.6) is 11.5 Å². The molecular formula is C31H43NO6. The number of hydrogen-bond acceptors (Lipinski definition) is 7. The van der Waals surface area contributed by atoms with Crippen molar-refractivity contribution in [1.29, 1.82) is 0 Å². The van der Waals surface area contributed by atoms with E-state index in [0.717, 1.165) is 24.3 Å². The second-order valence-corrected chi connectivity index (χ2v) is 12.0. The van der Waals surface area contributed by atoms with Crippen LogP contribution in [0.15, 0.2) is 54.6 Å². The highest BCUT2D eigenvalue weighted by atomic mass is 16.6. The monoisotopic (exact) mass is 525 g/mol. The van der Waals surface area contributed by atoms with Gasteiger partial charge in [0, 0.05) is 18.5 Å². The molecule has 0 aliphatic carbocycles. The molecule has 2 aromatic rings. The van der Waals surface area contributed by atoms with Gasteiger partial charge in [0.2, 0.25) is 0 Å². The highest BCUT2D eigenvalue weighted by Gasteiger charge is 2.51. The summed E-state index contributed by atoms with van der Waals surface area (Å²) in [5, 5.41) is 0. The number of piperidine rings is 1. The molecule has 0 spiro atoms. The molecule has 7 heteroatoms. The maximum atomic E-state index is 12.3. The minimum atomic E-state index is -0.408. The molecule has 0 N–H and O–H groups in total. The van der Waals surface area contributed by atoms with Crippen LogP contribution in [0, 0.1) is 5.92 Å². The van der Waals surface area contributed by atoms with Gasteiger partial charge in [-0.1, -0.05) is 18.2 Å². The fourth-order valence-electron chi connectivity index (χ4n) is 5.05. The average molecular weight is 526 g/mol. The van der Waals surface area contributed by atoms with Gasteiger partial charge in [-0.25, -0.2) is 4.79 Å². The number of nitrogens with zero attached hydrogens (tertiary/aromatic N) is 1. The van der Waals surface area contributed by atoms with Gasteiger partial charge < -0.3 is 18.9 Å². The van der Waals surface area contributed by atoms with E-state index in [2.05, 4.69) is 4.90 Å². The summed E-state index contributed by atoms with van der Waals surface area (Å²) in [5.74, 6) is 0.676. The third-order valence-electron chi connectivity index (χ3n) is 6.63. The summed E-state index contributed by atoms with van der Waals surface area (Å²) in [4.78, 5) is 26.7. The fourth-order valence-corrected chi connectivity index (χ4v) is 5.05. The van der Waals surface area contributed by atoms with E-state index in [-0.39, 0.29) is 29.2 Å². The molecule has 0 amide bonds. The predicted octanol–water partition coefficient (Wildman–Crippen LogP) is 5.91. The fraction of sp³-hybridized carbons (Fsp3) is 0.548. The van der Waals surface area contributed by atoms with Crippen LogP contribution in [-0.2, 0) is 14.3 Å². The highest BCUT2D eigenvalue weighted by molar-refractivity contribution is 5.89. The Morgan fingerprint density at radius 3 is 1.82 bits per heavy atom. The topological polar surface area (TPSA) is 74.3 Å². The maximum absolute atomic E-state index is 12.3. The van der Waals surface area contributed by atoms with Crippen LogP contribution in [0.1, 0.15) is 71.2 Å². The zero-order valence-corrected chi connectivity index (χ0v) is 24.0. The maximum Gasteiger partial charge on any atom is 0.338 e. The molecule has 7 nitrogen and oxygen atoms in total. The smallest absolute Gasteiger partial charge is 0.338 e. The van der Waals surface area contributed by atoms with Gasteiger partial charge in [0.25, 0.3) is 0 Å². The lowest BCUT2D eigenvalue weighted by Crippen LogP contribution is -2.53. The van der Waals surface area contributed by atoms with Crippen LogP contribution in [0.25, 0.3) is 0 Å². The number of benzene rings is 2. The Morgan fingerprint density at radius 2 is 1.34 bits per heavy atom. The molecule has 208 valence electrons. The van der Waals surface area contributed by atoms with Gasteiger partial charge in [0.15, 0.2) is 0 Å². The van der Waals surface area contributed by atoms with Crippen LogP contribution >= 0.6 is 0 Å². The molecule has 0 aromatic heterocycles. The van der Waals surface area contributed by atoms with Crippen molar-refractivity contribution >= 4 is 11.9 Å². The molecule has 4 atom stereocenters. The minimum Gasteiger partial charge on any atom is -0.488 e. The largest absolute Gasteiger partial charge is 0.488 e. The molecule has 2 fully saturated rings. The van der Waals surface area contributed by atoms with Crippen molar-refractivity contribution in [3.05, 3.63) is 60.2 Å². The summed E-state index contributed by atoms with van der Waals surface area (Å²) in [7, 11) is 3.42. The van der Waals surface area contributed by atoms with Crippen LogP contribution in [0.3, 0.4) is 0 Å². The Kier molecular flexibility index (Phi) is 9.47. The second kappa shape index (κ2) is 12.2. The Morgan fingerprint density at radius 1 is 0.816 bits per heavy atom. The Balaban J connectivity index is 0.000000223. The molecule has 2 saturated heterocycles. The summed E-state index contributed by atoms with van der Waals surface area (Å²) in [6.45, 7) is 12.2. The van der Waals surface area contributed by atoms with E-state index >= 15 is 0 Å². The van der Waals surface area contributed by atoms with Crippen molar-refractivity contribution in [1.82, 2.24) is 4.90 Å². The van der Waals surface area contributed by atoms with E-state index in [1.807, 2.05) is 78.9 Å².